The van der Waals surface area contributed by atoms with E-state index in [0.29, 0.717) is 18.7 Å². The minimum atomic E-state index is 0. The number of carbonyl (C=O) groups excluding carboxylic acids is 2. The average Bonchev–Trinajstić information content (AvgIpc) is 3.03. The molecule has 1 saturated heterocycles. The molecule has 1 aliphatic heterocycles. The minimum Gasteiger partial charge on any atom is -0.342 e. The Morgan fingerprint density at radius 3 is 2.42 bits per heavy atom. The Bertz CT molecular complexity index is 588. The number of likely N-dealkylation sites (tertiary alicyclic amines) is 1. The SMILES string of the molecule is CCCCCc1ccc(C(=O)CCC(=O)N2CCC(C)(CN)C2)cc1.Cl. The van der Waals surface area contributed by atoms with E-state index < -0.39 is 0 Å². The van der Waals surface area contributed by atoms with Crippen LogP contribution in [0.4, 0.5) is 0 Å². The first kappa shape index (κ1) is 22.7. The van der Waals surface area contributed by atoms with Crippen molar-refractivity contribution in [3.63, 3.8) is 0 Å². The van der Waals surface area contributed by atoms with Crippen LogP contribution in [-0.4, -0.2) is 36.2 Å². The maximum Gasteiger partial charge on any atom is 0.223 e. The van der Waals surface area contributed by atoms with Gasteiger partial charge < -0.3 is 10.6 Å². The number of nitrogens with two attached hydrogens (primary N) is 1. The number of hydrogen-bond donors (Lipinski definition) is 1. The van der Waals surface area contributed by atoms with E-state index in [-0.39, 0.29) is 42.4 Å². The van der Waals surface area contributed by atoms with Crippen molar-refractivity contribution in [3.05, 3.63) is 35.4 Å². The Labute approximate surface area is 163 Å². The van der Waals surface area contributed by atoms with Gasteiger partial charge in [0.05, 0.1) is 0 Å². The number of nitrogens with zero attached hydrogens (tertiary/aromatic N) is 1. The highest BCUT2D eigenvalue weighted by molar-refractivity contribution is 5.98. The fourth-order valence-electron chi connectivity index (χ4n) is 3.36. The first-order chi connectivity index (χ1) is 12.0. The second-order valence-corrected chi connectivity index (χ2v) is 7.66. The van der Waals surface area contributed by atoms with Crippen molar-refractivity contribution >= 4 is 24.1 Å². The predicted molar refractivity (Wildman–Crippen MR) is 109 cm³/mol. The van der Waals surface area contributed by atoms with E-state index in [4.69, 9.17) is 5.73 Å². The lowest BCUT2D eigenvalue weighted by molar-refractivity contribution is -0.130. The number of ketones is 1. The molecular formula is C21H33ClN2O2. The Morgan fingerprint density at radius 2 is 1.85 bits per heavy atom. The zero-order valence-electron chi connectivity index (χ0n) is 16.1. The number of unbranched alkanes of at least 4 members (excludes halogenated alkanes) is 2. The van der Waals surface area contributed by atoms with Gasteiger partial charge in [0, 0.05) is 31.5 Å². The standard InChI is InChI=1S/C21H32N2O2.ClH/c1-3-4-5-6-17-7-9-18(10-8-17)19(24)11-12-20(25)23-14-13-21(2,15-22)16-23;/h7-10H,3-6,11-16,22H2,1-2H3;1H. The lowest BCUT2D eigenvalue weighted by Gasteiger charge is -2.22. The number of rotatable bonds is 9. The van der Waals surface area contributed by atoms with Crippen LogP contribution in [0, 0.1) is 5.41 Å². The summed E-state index contributed by atoms with van der Waals surface area (Å²) in [6.07, 6.45) is 6.23. The van der Waals surface area contributed by atoms with Crippen LogP contribution in [0.3, 0.4) is 0 Å². The molecular weight excluding hydrogens is 348 g/mol. The highest BCUT2D eigenvalue weighted by atomic mass is 35.5. The monoisotopic (exact) mass is 380 g/mol. The van der Waals surface area contributed by atoms with E-state index in [9.17, 15) is 9.59 Å². The second kappa shape index (κ2) is 10.7. The molecule has 26 heavy (non-hydrogen) atoms. The molecule has 0 radical (unpaired) electrons. The molecule has 2 rings (SSSR count). The zero-order chi connectivity index (χ0) is 18.3. The van der Waals surface area contributed by atoms with Crippen molar-refractivity contribution in [1.29, 1.82) is 0 Å². The van der Waals surface area contributed by atoms with Gasteiger partial charge in [0.15, 0.2) is 5.78 Å². The van der Waals surface area contributed by atoms with E-state index >= 15 is 0 Å². The molecule has 1 aromatic carbocycles. The Kier molecular flexibility index (Phi) is 9.31. The molecule has 0 bridgehead atoms. The van der Waals surface area contributed by atoms with Gasteiger partial charge in [-0.15, -0.1) is 12.4 Å². The third kappa shape index (κ3) is 6.40. The molecule has 1 fully saturated rings. The molecule has 1 aromatic rings. The molecule has 0 spiro atoms. The van der Waals surface area contributed by atoms with E-state index in [1.54, 1.807) is 0 Å². The van der Waals surface area contributed by atoms with Crippen molar-refractivity contribution in [2.75, 3.05) is 19.6 Å². The highest BCUT2D eigenvalue weighted by Gasteiger charge is 2.34. The van der Waals surface area contributed by atoms with E-state index in [0.717, 1.165) is 19.4 Å². The fraction of sp³-hybridized carbons (Fsp3) is 0.619. The minimum absolute atomic E-state index is 0. The van der Waals surface area contributed by atoms with Crippen LogP contribution in [0.2, 0.25) is 0 Å². The van der Waals surface area contributed by atoms with Gasteiger partial charge in [0.2, 0.25) is 5.91 Å². The van der Waals surface area contributed by atoms with Crippen LogP contribution in [-0.2, 0) is 11.2 Å². The number of amides is 1. The predicted octanol–water partition coefficient (Wildman–Crippen LogP) is 4.00. The van der Waals surface area contributed by atoms with Gasteiger partial charge in [0.1, 0.15) is 0 Å². The summed E-state index contributed by atoms with van der Waals surface area (Å²) < 4.78 is 0. The maximum atomic E-state index is 12.3. The van der Waals surface area contributed by atoms with Gasteiger partial charge >= 0.3 is 0 Å². The summed E-state index contributed by atoms with van der Waals surface area (Å²) in [4.78, 5) is 26.5. The Hall–Kier alpha value is -1.39. The third-order valence-electron chi connectivity index (χ3n) is 5.31. The first-order valence-corrected chi connectivity index (χ1v) is 9.57. The van der Waals surface area contributed by atoms with Gasteiger partial charge in [-0.2, -0.15) is 0 Å². The lowest BCUT2D eigenvalue weighted by Crippen LogP contribution is -2.34. The normalized spacial score (nSPS) is 19.3. The summed E-state index contributed by atoms with van der Waals surface area (Å²) in [5.41, 5.74) is 7.81. The van der Waals surface area contributed by atoms with Crippen molar-refractivity contribution in [2.45, 2.75) is 58.8 Å². The molecule has 1 atom stereocenters. The van der Waals surface area contributed by atoms with Gasteiger partial charge in [-0.25, -0.2) is 0 Å². The first-order valence-electron chi connectivity index (χ1n) is 9.57. The number of halogens is 1. The number of aryl methyl sites for hydroxylation is 1. The summed E-state index contributed by atoms with van der Waals surface area (Å²) in [6, 6.07) is 7.88. The van der Waals surface area contributed by atoms with Crippen molar-refractivity contribution in [1.82, 2.24) is 4.90 Å². The summed E-state index contributed by atoms with van der Waals surface area (Å²) in [5.74, 6) is 0.121. The molecule has 0 aliphatic carbocycles. The van der Waals surface area contributed by atoms with Crippen LogP contribution in [0.1, 0.15) is 68.3 Å². The number of benzene rings is 1. The quantitative estimate of drug-likeness (QED) is 0.520. The smallest absolute Gasteiger partial charge is 0.223 e. The van der Waals surface area contributed by atoms with Crippen LogP contribution < -0.4 is 5.73 Å². The molecule has 5 heteroatoms. The maximum absolute atomic E-state index is 12.3. The Balaban J connectivity index is 0.00000338. The summed E-state index contributed by atoms with van der Waals surface area (Å²) in [6.45, 7) is 6.38. The van der Waals surface area contributed by atoms with Gasteiger partial charge in [-0.05, 0) is 36.8 Å². The van der Waals surface area contributed by atoms with E-state index in [2.05, 4.69) is 13.8 Å². The zero-order valence-corrected chi connectivity index (χ0v) is 16.9. The average molecular weight is 381 g/mol. The highest BCUT2D eigenvalue weighted by Crippen LogP contribution is 2.29. The molecule has 2 N–H and O–H groups in total. The van der Waals surface area contributed by atoms with Crippen molar-refractivity contribution in [3.8, 4) is 0 Å². The summed E-state index contributed by atoms with van der Waals surface area (Å²) in [7, 11) is 0. The molecule has 1 unspecified atom stereocenters. The van der Waals surface area contributed by atoms with Crippen LogP contribution in [0.25, 0.3) is 0 Å². The summed E-state index contributed by atoms with van der Waals surface area (Å²) >= 11 is 0. The summed E-state index contributed by atoms with van der Waals surface area (Å²) in [5, 5.41) is 0. The Morgan fingerprint density at radius 1 is 1.15 bits per heavy atom. The van der Waals surface area contributed by atoms with Crippen molar-refractivity contribution < 1.29 is 9.59 Å². The molecule has 1 heterocycles. The van der Waals surface area contributed by atoms with Gasteiger partial charge in [-0.3, -0.25) is 9.59 Å². The molecule has 0 saturated carbocycles. The number of hydrogen-bond acceptors (Lipinski definition) is 3. The van der Waals surface area contributed by atoms with E-state index in [1.807, 2.05) is 29.2 Å². The molecule has 0 aromatic heterocycles. The van der Waals surface area contributed by atoms with E-state index in [1.165, 1.54) is 24.8 Å². The van der Waals surface area contributed by atoms with Crippen LogP contribution in [0.5, 0.6) is 0 Å². The number of carbonyl (C=O) groups is 2. The van der Waals surface area contributed by atoms with Gasteiger partial charge in [-0.1, -0.05) is 51.0 Å². The largest absolute Gasteiger partial charge is 0.342 e. The second-order valence-electron chi connectivity index (χ2n) is 7.66. The molecule has 4 nitrogen and oxygen atoms in total. The molecule has 146 valence electrons. The van der Waals surface area contributed by atoms with Crippen LogP contribution in [0.15, 0.2) is 24.3 Å². The van der Waals surface area contributed by atoms with Gasteiger partial charge in [0.25, 0.3) is 0 Å². The topological polar surface area (TPSA) is 63.4 Å². The van der Waals surface area contributed by atoms with Crippen molar-refractivity contribution in [2.24, 2.45) is 11.1 Å². The molecule has 1 amide bonds. The van der Waals surface area contributed by atoms with Crippen LogP contribution >= 0.6 is 12.4 Å². The third-order valence-corrected chi connectivity index (χ3v) is 5.31. The fourth-order valence-corrected chi connectivity index (χ4v) is 3.36. The number of Topliss-reactive ketones (excluding diaryl/α,β-unsaturated/α-hetero) is 1. The lowest BCUT2D eigenvalue weighted by atomic mass is 9.90. The molecule has 1 aliphatic rings.